The molecule has 1 aliphatic rings. The van der Waals surface area contributed by atoms with E-state index >= 15 is 0 Å². The first-order chi connectivity index (χ1) is 5.79. The van der Waals surface area contributed by atoms with Crippen molar-refractivity contribution in [2.75, 3.05) is 6.61 Å². The molecule has 0 amide bonds. The number of hydrogen-bond acceptors (Lipinski definition) is 2. The minimum atomic E-state index is -0.346. The molecule has 1 aliphatic heterocycles. The van der Waals surface area contributed by atoms with Gasteiger partial charge in [-0.15, -0.1) is 0 Å². The zero-order chi connectivity index (χ0) is 8.55. The Hall–Kier alpha value is -0.290. The Balaban J connectivity index is 2.53. The molecule has 0 bridgehead atoms. The second kappa shape index (κ2) is 3.22. The highest BCUT2D eigenvalue weighted by molar-refractivity contribution is 14.1. The standard InChI is InChI=1S/C9H9IO2/c10-6-2-1-3-8-9(6)7(11)4-5-12-8/h1-3,7,11H,4-5H2. The van der Waals surface area contributed by atoms with Gasteiger partial charge in [0, 0.05) is 15.6 Å². The van der Waals surface area contributed by atoms with Gasteiger partial charge in [-0.2, -0.15) is 0 Å². The molecule has 2 rings (SSSR count). The highest BCUT2D eigenvalue weighted by atomic mass is 127. The predicted molar refractivity (Wildman–Crippen MR) is 54.2 cm³/mol. The van der Waals surface area contributed by atoms with Gasteiger partial charge in [-0.3, -0.25) is 0 Å². The molecule has 1 unspecified atom stereocenters. The summed E-state index contributed by atoms with van der Waals surface area (Å²) in [4.78, 5) is 0. The zero-order valence-corrected chi connectivity index (χ0v) is 8.61. The molecule has 0 saturated carbocycles. The molecule has 64 valence electrons. The number of hydrogen-bond donors (Lipinski definition) is 1. The van der Waals surface area contributed by atoms with E-state index in [0.717, 1.165) is 14.9 Å². The molecule has 1 heterocycles. The molecule has 0 aliphatic carbocycles. The second-order valence-corrected chi connectivity index (χ2v) is 3.97. The van der Waals surface area contributed by atoms with E-state index in [-0.39, 0.29) is 6.10 Å². The van der Waals surface area contributed by atoms with Crippen molar-refractivity contribution in [3.63, 3.8) is 0 Å². The van der Waals surface area contributed by atoms with E-state index in [2.05, 4.69) is 22.6 Å². The first kappa shape index (κ1) is 8.31. The van der Waals surface area contributed by atoms with E-state index in [1.807, 2.05) is 18.2 Å². The maximum atomic E-state index is 9.66. The summed E-state index contributed by atoms with van der Waals surface area (Å²) >= 11 is 2.22. The summed E-state index contributed by atoms with van der Waals surface area (Å²) in [5.41, 5.74) is 0.948. The van der Waals surface area contributed by atoms with E-state index in [4.69, 9.17) is 4.74 Å². The maximum Gasteiger partial charge on any atom is 0.126 e. The van der Waals surface area contributed by atoms with Crippen molar-refractivity contribution in [3.05, 3.63) is 27.3 Å². The fourth-order valence-electron chi connectivity index (χ4n) is 1.39. The van der Waals surface area contributed by atoms with E-state index < -0.39 is 0 Å². The lowest BCUT2D eigenvalue weighted by Gasteiger charge is -2.22. The molecular weight excluding hydrogens is 267 g/mol. The van der Waals surface area contributed by atoms with E-state index in [1.54, 1.807) is 0 Å². The fourth-order valence-corrected chi connectivity index (χ4v) is 2.22. The van der Waals surface area contributed by atoms with Gasteiger partial charge in [-0.1, -0.05) is 6.07 Å². The van der Waals surface area contributed by atoms with Crippen molar-refractivity contribution in [1.82, 2.24) is 0 Å². The number of benzene rings is 1. The molecule has 1 aromatic rings. The molecular formula is C9H9IO2. The summed E-state index contributed by atoms with van der Waals surface area (Å²) in [7, 11) is 0. The zero-order valence-electron chi connectivity index (χ0n) is 6.46. The lowest BCUT2D eigenvalue weighted by molar-refractivity contribution is 0.114. The van der Waals surface area contributed by atoms with Crippen molar-refractivity contribution in [1.29, 1.82) is 0 Å². The maximum absolute atomic E-state index is 9.66. The van der Waals surface area contributed by atoms with Crippen LogP contribution in [0.5, 0.6) is 5.75 Å². The van der Waals surface area contributed by atoms with Crippen LogP contribution in [0.15, 0.2) is 18.2 Å². The molecule has 0 spiro atoms. The molecule has 0 fully saturated rings. The molecule has 1 aromatic carbocycles. The third-order valence-corrected chi connectivity index (χ3v) is 2.94. The Bertz CT molecular complexity index is 299. The van der Waals surface area contributed by atoms with Gasteiger partial charge in [-0.25, -0.2) is 0 Å². The van der Waals surface area contributed by atoms with Crippen molar-refractivity contribution < 1.29 is 9.84 Å². The number of aliphatic hydroxyl groups excluding tert-OH is 1. The van der Waals surface area contributed by atoms with E-state index in [1.165, 1.54) is 0 Å². The highest BCUT2D eigenvalue weighted by Crippen LogP contribution is 2.34. The Morgan fingerprint density at radius 3 is 3.08 bits per heavy atom. The number of rotatable bonds is 0. The van der Waals surface area contributed by atoms with Crippen molar-refractivity contribution in [2.24, 2.45) is 0 Å². The Kier molecular flexibility index (Phi) is 2.23. The summed E-state index contributed by atoms with van der Waals surface area (Å²) in [5, 5.41) is 9.66. The van der Waals surface area contributed by atoms with Crippen LogP contribution in [0.1, 0.15) is 18.1 Å². The van der Waals surface area contributed by atoms with Crippen LogP contribution in [0.4, 0.5) is 0 Å². The number of fused-ring (bicyclic) bond motifs is 1. The van der Waals surface area contributed by atoms with Gasteiger partial charge in [0.1, 0.15) is 5.75 Å². The molecule has 3 heteroatoms. The molecule has 1 N–H and O–H groups in total. The fraction of sp³-hybridized carbons (Fsp3) is 0.333. The monoisotopic (exact) mass is 276 g/mol. The van der Waals surface area contributed by atoms with Crippen molar-refractivity contribution >= 4 is 22.6 Å². The summed E-state index contributed by atoms with van der Waals surface area (Å²) in [6.45, 7) is 0.619. The quantitative estimate of drug-likeness (QED) is 0.735. The average Bonchev–Trinajstić information content (AvgIpc) is 2.04. The van der Waals surface area contributed by atoms with Gasteiger partial charge >= 0.3 is 0 Å². The largest absolute Gasteiger partial charge is 0.493 e. The topological polar surface area (TPSA) is 29.5 Å². The lowest BCUT2D eigenvalue weighted by atomic mass is 10.0. The molecule has 0 radical (unpaired) electrons. The lowest BCUT2D eigenvalue weighted by Crippen LogP contribution is -2.14. The van der Waals surface area contributed by atoms with Crippen LogP contribution in [0, 0.1) is 3.57 Å². The Labute approximate surface area is 84.7 Å². The van der Waals surface area contributed by atoms with Crippen LogP contribution in [0.2, 0.25) is 0 Å². The van der Waals surface area contributed by atoms with Gasteiger partial charge in [0.05, 0.1) is 12.7 Å². The van der Waals surface area contributed by atoms with Gasteiger partial charge in [-0.05, 0) is 34.7 Å². The SMILES string of the molecule is OC1CCOc2cccc(I)c21. The molecule has 0 aromatic heterocycles. The first-order valence-electron chi connectivity index (χ1n) is 3.88. The Morgan fingerprint density at radius 1 is 1.50 bits per heavy atom. The van der Waals surface area contributed by atoms with E-state index in [9.17, 15) is 5.11 Å². The molecule has 2 nitrogen and oxygen atoms in total. The summed E-state index contributed by atoms with van der Waals surface area (Å²) in [6, 6.07) is 5.83. The highest BCUT2D eigenvalue weighted by Gasteiger charge is 2.20. The predicted octanol–water partition coefficient (Wildman–Crippen LogP) is 2.11. The third kappa shape index (κ3) is 1.31. The molecule has 12 heavy (non-hydrogen) atoms. The molecule has 0 saturated heterocycles. The minimum Gasteiger partial charge on any atom is -0.493 e. The van der Waals surface area contributed by atoms with Crippen molar-refractivity contribution in [3.8, 4) is 5.75 Å². The van der Waals surface area contributed by atoms with E-state index in [0.29, 0.717) is 13.0 Å². The van der Waals surface area contributed by atoms with Gasteiger partial charge in [0.15, 0.2) is 0 Å². The van der Waals surface area contributed by atoms with Crippen LogP contribution in [-0.4, -0.2) is 11.7 Å². The second-order valence-electron chi connectivity index (χ2n) is 2.80. The van der Waals surface area contributed by atoms with Crippen LogP contribution >= 0.6 is 22.6 Å². The van der Waals surface area contributed by atoms with Crippen LogP contribution in [0.25, 0.3) is 0 Å². The smallest absolute Gasteiger partial charge is 0.126 e. The summed E-state index contributed by atoms with van der Waals surface area (Å²) < 4.78 is 6.49. The van der Waals surface area contributed by atoms with Crippen molar-refractivity contribution in [2.45, 2.75) is 12.5 Å². The van der Waals surface area contributed by atoms with Crippen LogP contribution < -0.4 is 4.74 Å². The number of halogens is 1. The van der Waals surface area contributed by atoms with Gasteiger partial charge in [0.2, 0.25) is 0 Å². The normalized spacial score (nSPS) is 21.3. The average molecular weight is 276 g/mol. The van der Waals surface area contributed by atoms with Crippen LogP contribution in [0.3, 0.4) is 0 Å². The van der Waals surface area contributed by atoms with Crippen LogP contribution in [-0.2, 0) is 0 Å². The third-order valence-electron chi connectivity index (χ3n) is 1.99. The molecule has 1 atom stereocenters. The summed E-state index contributed by atoms with van der Waals surface area (Å²) in [5.74, 6) is 0.834. The summed E-state index contributed by atoms with van der Waals surface area (Å²) in [6.07, 6.45) is 0.356. The minimum absolute atomic E-state index is 0.346. The van der Waals surface area contributed by atoms with Gasteiger partial charge in [0.25, 0.3) is 0 Å². The van der Waals surface area contributed by atoms with Gasteiger partial charge < -0.3 is 9.84 Å². The number of ether oxygens (including phenoxy) is 1. The number of aliphatic hydroxyl groups is 1. The Morgan fingerprint density at radius 2 is 2.33 bits per heavy atom. The first-order valence-corrected chi connectivity index (χ1v) is 4.96.